The van der Waals surface area contributed by atoms with Crippen LogP contribution >= 0.6 is 23.0 Å². The lowest BCUT2D eigenvalue weighted by atomic mass is 10.0. The number of rotatable bonds is 8. The number of hydrogen-bond donors (Lipinski definition) is 2. The molecule has 0 spiro atoms. The van der Waals surface area contributed by atoms with Crippen molar-refractivity contribution in [2.75, 3.05) is 17.7 Å². The number of pyridine rings is 1. The number of ether oxygens (including phenoxy) is 2. The van der Waals surface area contributed by atoms with E-state index in [2.05, 4.69) is 15.6 Å². The van der Waals surface area contributed by atoms with Crippen LogP contribution in [0.15, 0.2) is 66.9 Å². The predicted molar refractivity (Wildman–Crippen MR) is 145 cm³/mol. The number of anilines is 2. The van der Waals surface area contributed by atoms with Crippen molar-refractivity contribution in [2.24, 2.45) is 5.41 Å². The van der Waals surface area contributed by atoms with Crippen molar-refractivity contribution in [1.82, 2.24) is 4.98 Å². The third-order valence-corrected chi connectivity index (χ3v) is 6.68. The third-order valence-electron chi connectivity index (χ3n) is 6.20. The highest BCUT2D eigenvalue weighted by atomic mass is 127. The highest BCUT2D eigenvalue weighted by molar-refractivity contribution is 14.1. The minimum Gasteiger partial charge on any atom is -0.493 e. The molecular formula is C27H20F2IN3O5. The Morgan fingerprint density at radius 1 is 0.868 bits per heavy atom. The van der Waals surface area contributed by atoms with E-state index < -0.39 is 28.9 Å². The molecule has 3 aromatic carbocycles. The molecule has 1 saturated carbocycles. The average Bonchev–Trinajstić information content (AvgIpc) is 3.73. The topological polar surface area (TPSA) is 98.8 Å². The third kappa shape index (κ3) is 5.05. The smallest absolute Gasteiger partial charge is 0.240 e. The molecule has 2 N–H and O–H groups in total. The monoisotopic (exact) mass is 631 g/mol. The van der Waals surface area contributed by atoms with Gasteiger partial charge in [-0.05, 0) is 61.4 Å². The fraction of sp³-hybridized carbons (Fsp3) is 0.148. The molecule has 194 valence electrons. The number of methoxy groups -OCH3 is 1. The van der Waals surface area contributed by atoms with Gasteiger partial charge in [0.25, 0.3) is 0 Å². The fourth-order valence-electron chi connectivity index (χ4n) is 3.93. The van der Waals surface area contributed by atoms with E-state index in [4.69, 9.17) is 12.5 Å². The lowest BCUT2D eigenvalue weighted by molar-refractivity contribution is -0.131. The van der Waals surface area contributed by atoms with Crippen molar-refractivity contribution in [1.29, 1.82) is 0 Å². The molecule has 0 saturated heterocycles. The van der Waals surface area contributed by atoms with Crippen molar-refractivity contribution < 1.29 is 30.9 Å². The van der Waals surface area contributed by atoms with Crippen LogP contribution in [-0.4, -0.2) is 23.9 Å². The largest absolute Gasteiger partial charge is 0.493 e. The van der Waals surface area contributed by atoms with E-state index >= 15 is 0 Å². The first-order valence-electron chi connectivity index (χ1n) is 11.4. The number of halogens is 3. The molecule has 11 heteroatoms. The van der Waals surface area contributed by atoms with Crippen molar-refractivity contribution in [3.05, 3.63) is 78.5 Å². The van der Waals surface area contributed by atoms with Gasteiger partial charge in [0.2, 0.25) is 11.8 Å². The van der Waals surface area contributed by atoms with Crippen molar-refractivity contribution in [3.63, 3.8) is 0 Å². The summed E-state index contributed by atoms with van der Waals surface area (Å²) in [5.74, 6) is -0.987. The number of benzene rings is 3. The Hall–Kier alpha value is -4.00. The first kappa shape index (κ1) is 25.6. The molecule has 4 aromatic rings. The molecular weight excluding hydrogens is 611 g/mol. The van der Waals surface area contributed by atoms with E-state index in [9.17, 15) is 18.4 Å². The van der Waals surface area contributed by atoms with Crippen LogP contribution in [0.25, 0.3) is 10.9 Å². The van der Waals surface area contributed by atoms with Gasteiger partial charge in [-0.25, -0.2) is 8.78 Å². The minimum absolute atomic E-state index is 0.0705. The summed E-state index contributed by atoms with van der Waals surface area (Å²) in [6.45, 7) is 0. The van der Waals surface area contributed by atoms with Crippen LogP contribution in [0.2, 0.25) is 0 Å². The molecule has 1 heterocycles. The van der Waals surface area contributed by atoms with Crippen LogP contribution in [0.3, 0.4) is 0 Å². The first-order valence-corrected chi connectivity index (χ1v) is 12.3. The molecule has 1 aromatic heterocycles. The summed E-state index contributed by atoms with van der Waals surface area (Å²) in [5.41, 5.74) is -0.156. The number of hydrogen-bond acceptors (Lipinski definition) is 6. The summed E-state index contributed by atoms with van der Waals surface area (Å²) < 4.78 is 44.6. The number of amides is 2. The van der Waals surface area contributed by atoms with Crippen LogP contribution in [0.1, 0.15) is 12.8 Å². The zero-order valence-corrected chi connectivity index (χ0v) is 22.0. The molecule has 0 bridgehead atoms. The number of nitrogens with zero attached hydrogens (tertiary/aromatic N) is 1. The van der Waals surface area contributed by atoms with E-state index in [0.29, 0.717) is 46.7 Å². The van der Waals surface area contributed by atoms with Crippen LogP contribution < -0.4 is 23.2 Å². The number of carbonyl (C=O) groups is 2. The van der Waals surface area contributed by atoms with Gasteiger partial charge in [-0.3, -0.25) is 14.6 Å². The van der Waals surface area contributed by atoms with Crippen LogP contribution in [0.4, 0.5) is 20.2 Å². The van der Waals surface area contributed by atoms with Crippen LogP contribution in [0.5, 0.6) is 23.0 Å². The fourth-order valence-corrected chi connectivity index (χ4v) is 4.28. The summed E-state index contributed by atoms with van der Waals surface area (Å²) in [5, 5.41) is 5.83. The maximum atomic E-state index is 15.0. The average molecular weight is 631 g/mol. The Morgan fingerprint density at radius 2 is 1.55 bits per heavy atom. The van der Waals surface area contributed by atoms with Crippen molar-refractivity contribution >= 4 is 57.1 Å². The normalized spacial score (nSPS) is 13.5. The molecule has 1 fully saturated rings. The molecule has 2 amide bonds. The van der Waals surface area contributed by atoms with Gasteiger partial charge in [0.05, 0.1) is 12.6 Å². The molecule has 1 aliphatic rings. The number of aromatic nitrogens is 1. The van der Waals surface area contributed by atoms with Crippen LogP contribution in [0, 0.1) is 17.0 Å². The summed E-state index contributed by atoms with van der Waals surface area (Å²) in [7, 11) is 1.50. The lowest BCUT2D eigenvalue weighted by Crippen LogP contribution is -2.35. The van der Waals surface area contributed by atoms with Crippen LogP contribution in [-0.2, 0) is 9.59 Å². The van der Waals surface area contributed by atoms with Gasteiger partial charge in [0.15, 0.2) is 46.1 Å². The summed E-state index contributed by atoms with van der Waals surface area (Å²) in [4.78, 5) is 30.0. The quantitative estimate of drug-likeness (QED) is 0.173. The predicted octanol–water partition coefficient (Wildman–Crippen LogP) is 6.40. The van der Waals surface area contributed by atoms with Gasteiger partial charge in [0, 0.05) is 35.1 Å². The zero-order chi connectivity index (χ0) is 26.9. The highest BCUT2D eigenvalue weighted by Gasteiger charge is 2.56. The Balaban J connectivity index is 1.31. The van der Waals surface area contributed by atoms with E-state index in [1.807, 2.05) is 0 Å². The second-order valence-electron chi connectivity index (χ2n) is 8.65. The number of nitrogens with one attached hydrogen (secondary N) is 2. The summed E-state index contributed by atoms with van der Waals surface area (Å²) in [6, 6.07) is 14.2. The Bertz CT molecular complexity index is 1540. The van der Waals surface area contributed by atoms with Gasteiger partial charge >= 0.3 is 0 Å². The molecule has 38 heavy (non-hydrogen) atoms. The van der Waals surface area contributed by atoms with E-state index in [1.165, 1.54) is 49.7 Å². The molecule has 0 aliphatic heterocycles. The Morgan fingerprint density at radius 3 is 2.18 bits per heavy atom. The Labute approximate surface area is 230 Å². The van der Waals surface area contributed by atoms with Gasteiger partial charge in [0.1, 0.15) is 17.0 Å². The number of fused-ring (bicyclic) bond motifs is 1. The molecule has 5 rings (SSSR count). The molecule has 0 unspecified atom stereocenters. The van der Waals surface area contributed by atoms with E-state index in [0.717, 1.165) is 6.07 Å². The lowest BCUT2D eigenvalue weighted by Gasteiger charge is -2.16. The number of carbonyl (C=O) groups excluding carboxylic acids is 2. The van der Waals surface area contributed by atoms with E-state index in [-0.39, 0.29) is 11.4 Å². The highest BCUT2D eigenvalue weighted by Crippen LogP contribution is 2.47. The summed E-state index contributed by atoms with van der Waals surface area (Å²) in [6.07, 6.45) is 2.22. The van der Waals surface area contributed by atoms with Crippen molar-refractivity contribution in [3.8, 4) is 23.0 Å². The standard InChI is InChI=1S/C27H20F2IN3O5/c1-36-23-13-18-20(14-24(23)38-30)31-11-8-21(18)37-22-7-6-17(12-19(22)29)33-26(35)27(9-10-27)25(34)32-16-4-2-15(28)3-5-16/h2-8,11-14H,9-10H2,1H3,(H,32,34)(H,33,35). The second kappa shape index (κ2) is 10.4. The summed E-state index contributed by atoms with van der Waals surface area (Å²) >= 11 is 1.74. The van der Waals surface area contributed by atoms with E-state index in [1.54, 1.807) is 41.2 Å². The molecule has 1 aliphatic carbocycles. The zero-order valence-electron chi connectivity index (χ0n) is 19.9. The Kier molecular flexibility index (Phi) is 7.02. The van der Waals surface area contributed by atoms with Gasteiger partial charge in [-0.2, -0.15) is 0 Å². The second-order valence-corrected chi connectivity index (χ2v) is 9.09. The van der Waals surface area contributed by atoms with Gasteiger partial charge < -0.3 is 23.2 Å². The maximum absolute atomic E-state index is 15.0. The minimum atomic E-state index is -1.27. The molecule has 0 radical (unpaired) electrons. The first-order chi connectivity index (χ1) is 18.3. The van der Waals surface area contributed by atoms with Gasteiger partial charge in [-0.15, -0.1) is 0 Å². The van der Waals surface area contributed by atoms with Gasteiger partial charge in [-0.1, -0.05) is 0 Å². The molecule has 8 nitrogen and oxygen atoms in total. The van der Waals surface area contributed by atoms with Crippen molar-refractivity contribution in [2.45, 2.75) is 12.8 Å². The SMILES string of the molecule is COc1cc2c(Oc3ccc(NC(=O)C4(C(=O)Nc5ccc(F)cc5)CC4)cc3F)ccnc2cc1OI. The maximum Gasteiger partial charge on any atom is 0.240 e. The molecule has 0 atom stereocenters.